The Morgan fingerprint density at radius 2 is 2.25 bits per heavy atom. The van der Waals surface area contributed by atoms with Gasteiger partial charge in [-0.25, -0.2) is 0 Å². The van der Waals surface area contributed by atoms with E-state index in [1.165, 1.54) is 13.0 Å². The number of fused-ring (bicyclic) bond motifs is 2. The number of rotatable bonds is 1. The van der Waals surface area contributed by atoms with Gasteiger partial charge in [0.25, 0.3) is 0 Å². The maximum absolute atomic E-state index is 5.72. The lowest BCUT2D eigenvalue weighted by Crippen LogP contribution is -2.47. The molecule has 0 aliphatic carbocycles. The van der Waals surface area contributed by atoms with Crippen molar-refractivity contribution < 1.29 is 4.74 Å². The molecule has 0 aromatic rings. The molecule has 0 radical (unpaired) electrons. The van der Waals surface area contributed by atoms with E-state index in [2.05, 4.69) is 25.7 Å². The van der Waals surface area contributed by atoms with Crippen molar-refractivity contribution in [3.05, 3.63) is 0 Å². The van der Waals surface area contributed by atoms with E-state index in [0.717, 1.165) is 13.2 Å². The molecule has 2 aliphatic rings. The average molecular weight is 169 g/mol. The van der Waals surface area contributed by atoms with Gasteiger partial charge in [0.15, 0.2) is 0 Å². The highest BCUT2D eigenvalue weighted by Gasteiger charge is 2.43. The molecule has 0 aromatic carbocycles. The first-order chi connectivity index (χ1) is 5.59. The van der Waals surface area contributed by atoms with Gasteiger partial charge >= 0.3 is 0 Å². The third-order valence-electron chi connectivity index (χ3n) is 3.14. The summed E-state index contributed by atoms with van der Waals surface area (Å²) in [5.41, 5.74) is 0.452. The summed E-state index contributed by atoms with van der Waals surface area (Å²) < 4.78 is 5.72. The van der Waals surface area contributed by atoms with E-state index in [1.54, 1.807) is 0 Å². The highest BCUT2D eigenvalue weighted by molar-refractivity contribution is 4.94. The van der Waals surface area contributed by atoms with Gasteiger partial charge in [-0.15, -0.1) is 0 Å². The second-order valence-electron chi connectivity index (χ2n) is 4.97. The minimum Gasteiger partial charge on any atom is -0.376 e. The van der Waals surface area contributed by atoms with Crippen LogP contribution in [0.1, 0.15) is 27.2 Å². The largest absolute Gasteiger partial charge is 0.376 e. The average Bonchev–Trinajstić information content (AvgIpc) is 2.25. The van der Waals surface area contributed by atoms with Crippen LogP contribution in [-0.2, 0) is 4.74 Å². The molecule has 2 atom stereocenters. The van der Waals surface area contributed by atoms with Crippen molar-refractivity contribution in [2.24, 2.45) is 5.41 Å². The number of hydrogen-bond acceptors (Lipinski definition) is 2. The molecule has 0 aromatic heterocycles. The predicted molar refractivity (Wildman–Crippen MR) is 49.2 cm³/mol. The highest BCUT2D eigenvalue weighted by Crippen LogP contribution is 2.38. The molecule has 2 unspecified atom stereocenters. The van der Waals surface area contributed by atoms with Gasteiger partial charge in [0.05, 0.1) is 12.7 Å². The molecule has 2 saturated heterocycles. The summed E-state index contributed by atoms with van der Waals surface area (Å²) in [6.07, 6.45) is 1.79. The lowest BCUT2D eigenvalue weighted by molar-refractivity contribution is 0.0678. The van der Waals surface area contributed by atoms with Crippen LogP contribution in [0.15, 0.2) is 0 Å². The van der Waals surface area contributed by atoms with Gasteiger partial charge in [0.2, 0.25) is 0 Å². The SMILES string of the molecule is CC(C)N1CC2CC(C)(CO2)C1. The Hall–Kier alpha value is -0.0800. The summed E-state index contributed by atoms with van der Waals surface area (Å²) in [5.74, 6) is 0. The first-order valence-electron chi connectivity index (χ1n) is 4.95. The minimum absolute atomic E-state index is 0.452. The van der Waals surface area contributed by atoms with Crippen molar-refractivity contribution >= 4 is 0 Å². The van der Waals surface area contributed by atoms with Crippen LogP contribution in [0.25, 0.3) is 0 Å². The van der Waals surface area contributed by atoms with Crippen LogP contribution in [0.5, 0.6) is 0 Å². The Morgan fingerprint density at radius 3 is 2.83 bits per heavy atom. The summed E-state index contributed by atoms with van der Waals surface area (Å²) in [6, 6.07) is 0.675. The standard InChI is InChI=1S/C10H19NO/c1-8(2)11-5-9-4-10(3,6-11)7-12-9/h8-9H,4-7H2,1-3H3. The van der Waals surface area contributed by atoms with Crippen LogP contribution in [0.3, 0.4) is 0 Å². The van der Waals surface area contributed by atoms with Crippen LogP contribution >= 0.6 is 0 Å². The number of nitrogens with zero attached hydrogens (tertiary/aromatic N) is 1. The molecule has 2 bridgehead atoms. The molecule has 2 aliphatic heterocycles. The van der Waals surface area contributed by atoms with Crippen LogP contribution in [-0.4, -0.2) is 36.7 Å². The van der Waals surface area contributed by atoms with Crippen molar-refractivity contribution in [3.8, 4) is 0 Å². The van der Waals surface area contributed by atoms with Gasteiger partial charge in [-0.3, -0.25) is 4.90 Å². The Labute approximate surface area is 74.9 Å². The van der Waals surface area contributed by atoms with Crippen molar-refractivity contribution in [2.75, 3.05) is 19.7 Å². The van der Waals surface area contributed by atoms with Crippen LogP contribution in [0, 0.1) is 5.41 Å². The van der Waals surface area contributed by atoms with E-state index in [9.17, 15) is 0 Å². The molecule has 0 amide bonds. The number of hydrogen-bond donors (Lipinski definition) is 0. The Kier molecular flexibility index (Phi) is 1.92. The molecular formula is C10H19NO. The summed E-state index contributed by atoms with van der Waals surface area (Å²) in [4.78, 5) is 2.54. The van der Waals surface area contributed by atoms with E-state index >= 15 is 0 Å². The van der Waals surface area contributed by atoms with E-state index in [0.29, 0.717) is 17.6 Å². The topological polar surface area (TPSA) is 12.5 Å². The second kappa shape index (κ2) is 2.71. The Bertz CT molecular complexity index is 181. The van der Waals surface area contributed by atoms with E-state index in [1.807, 2.05) is 0 Å². The lowest BCUT2D eigenvalue weighted by atomic mass is 9.84. The zero-order valence-electron chi connectivity index (χ0n) is 8.34. The smallest absolute Gasteiger partial charge is 0.0708 e. The van der Waals surface area contributed by atoms with Crippen molar-refractivity contribution in [2.45, 2.75) is 39.3 Å². The third kappa shape index (κ3) is 1.38. The van der Waals surface area contributed by atoms with Crippen molar-refractivity contribution in [1.29, 1.82) is 0 Å². The molecule has 2 heterocycles. The summed E-state index contributed by atoms with van der Waals surface area (Å²) in [7, 11) is 0. The van der Waals surface area contributed by atoms with Gasteiger partial charge in [-0.2, -0.15) is 0 Å². The van der Waals surface area contributed by atoms with Gasteiger partial charge in [-0.05, 0) is 20.3 Å². The molecule has 2 fully saturated rings. The molecule has 2 nitrogen and oxygen atoms in total. The first kappa shape index (κ1) is 8.52. The van der Waals surface area contributed by atoms with Gasteiger partial charge < -0.3 is 4.74 Å². The van der Waals surface area contributed by atoms with E-state index in [-0.39, 0.29) is 0 Å². The van der Waals surface area contributed by atoms with Gasteiger partial charge in [0, 0.05) is 24.5 Å². The quantitative estimate of drug-likeness (QED) is 0.590. The summed E-state index contributed by atoms with van der Waals surface area (Å²) >= 11 is 0. The number of likely N-dealkylation sites (tertiary alicyclic amines) is 1. The van der Waals surface area contributed by atoms with E-state index in [4.69, 9.17) is 4.74 Å². The van der Waals surface area contributed by atoms with Crippen LogP contribution < -0.4 is 0 Å². The Balaban J connectivity index is 2.06. The molecule has 0 saturated carbocycles. The van der Waals surface area contributed by atoms with Crippen molar-refractivity contribution in [1.82, 2.24) is 4.90 Å². The molecule has 70 valence electrons. The highest BCUT2D eigenvalue weighted by atomic mass is 16.5. The molecule has 12 heavy (non-hydrogen) atoms. The molecule has 2 heteroatoms. The molecule has 0 N–H and O–H groups in total. The van der Waals surface area contributed by atoms with Crippen LogP contribution in [0.2, 0.25) is 0 Å². The molecule has 0 spiro atoms. The summed E-state index contributed by atoms with van der Waals surface area (Å²) in [6.45, 7) is 10.2. The number of ether oxygens (including phenoxy) is 1. The van der Waals surface area contributed by atoms with Gasteiger partial charge in [0.1, 0.15) is 0 Å². The fourth-order valence-electron chi connectivity index (χ4n) is 2.42. The lowest BCUT2D eigenvalue weighted by Gasteiger charge is -2.38. The third-order valence-corrected chi connectivity index (χ3v) is 3.14. The second-order valence-corrected chi connectivity index (χ2v) is 4.97. The van der Waals surface area contributed by atoms with Crippen molar-refractivity contribution in [3.63, 3.8) is 0 Å². The summed E-state index contributed by atoms with van der Waals surface area (Å²) in [5, 5.41) is 0. The zero-order valence-corrected chi connectivity index (χ0v) is 8.34. The van der Waals surface area contributed by atoms with Gasteiger partial charge in [-0.1, -0.05) is 6.92 Å². The monoisotopic (exact) mass is 169 g/mol. The maximum Gasteiger partial charge on any atom is 0.0708 e. The maximum atomic E-state index is 5.72. The molecular weight excluding hydrogens is 150 g/mol. The fraction of sp³-hybridized carbons (Fsp3) is 1.00. The first-order valence-corrected chi connectivity index (χ1v) is 4.95. The normalized spacial score (nSPS) is 42.5. The molecule has 2 rings (SSSR count). The zero-order chi connectivity index (χ0) is 8.77. The number of piperidine rings is 1. The Morgan fingerprint density at radius 1 is 1.50 bits per heavy atom. The fourth-order valence-corrected chi connectivity index (χ4v) is 2.42. The predicted octanol–water partition coefficient (Wildman–Crippen LogP) is 1.51. The minimum atomic E-state index is 0.452. The van der Waals surface area contributed by atoms with Crippen LogP contribution in [0.4, 0.5) is 0 Å². The van der Waals surface area contributed by atoms with E-state index < -0.39 is 0 Å².